The lowest BCUT2D eigenvalue weighted by molar-refractivity contribution is -0.0236. The van der Waals surface area contributed by atoms with Gasteiger partial charge in [-0.25, -0.2) is 0 Å². The first-order valence-electron chi connectivity index (χ1n) is 5.15. The van der Waals surface area contributed by atoms with Gasteiger partial charge >= 0.3 is 0 Å². The van der Waals surface area contributed by atoms with E-state index in [0.717, 1.165) is 19.0 Å². The summed E-state index contributed by atoms with van der Waals surface area (Å²) in [7, 11) is 0. The van der Waals surface area contributed by atoms with Gasteiger partial charge in [-0.3, -0.25) is 5.41 Å². The molecule has 0 aromatic rings. The molecular weight excluding hydrogens is 164 g/mol. The first kappa shape index (κ1) is 9.00. The molecule has 2 atom stereocenters. The number of rotatable bonds is 1. The maximum atomic E-state index is 7.99. The summed E-state index contributed by atoms with van der Waals surface area (Å²) >= 11 is 0. The van der Waals surface area contributed by atoms with E-state index in [-0.39, 0.29) is 6.10 Å². The van der Waals surface area contributed by atoms with Crippen LogP contribution in [-0.4, -0.2) is 36.0 Å². The fourth-order valence-corrected chi connectivity index (χ4v) is 1.83. The summed E-state index contributed by atoms with van der Waals surface area (Å²) in [5, 5.41) is 7.99. The summed E-state index contributed by atoms with van der Waals surface area (Å²) in [6, 6.07) is 0.393. The number of nitrogens with one attached hydrogen (secondary N) is 1. The largest absolute Gasteiger partial charge is 0.375 e. The Morgan fingerprint density at radius 2 is 2.08 bits per heavy atom. The van der Waals surface area contributed by atoms with E-state index in [0.29, 0.717) is 12.0 Å². The second kappa shape index (κ2) is 3.29. The predicted octanol–water partition coefficient (Wildman–Crippen LogP) is 1.48. The summed E-state index contributed by atoms with van der Waals surface area (Å²) in [5.74, 6) is 1.41. The molecule has 3 nitrogen and oxygen atoms in total. The highest BCUT2D eigenvalue weighted by molar-refractivity contribution is 5.84. The quantitative estimate of drug-likeness (QED) is 0.492. The Morgan fingerprint density at radius 1 is 1.38 bits per heavy atom. The molecule has 3 heteroatoms. The molecule has 2 aliphatic rings. The number of nitrogens with zero attached hydrogens (tertiary/aromatic N) is 1. The average Bonchev–Trinajstić information content (AvgIpc) is 2.91. The minimum absolute atomic E-state index is 0.287. The van der Waals surface area contributed by atoms with Crippen LogP contribution < -0.4 is 0 Å². The molecule has 0 amide bonds. The fourth-order valence-electron chi connectivity index (χ4n) is 1.83. The first-order valence-corrected chi connectivity index (χ1v) is 5.15. The number of ether oxygens (including phenoxy) is 1. The molecule has 13 heavy (non-hydrogen) atoms. The van der Waals surface area contributed by atoms with E-state index >= 15 is 0 Å². The highest BCUT2D eigenvalue weighted by Crippen LogP contribution is 2.32. The van der Waals surface area contributed by atoms with Crippen LogP contribution in [0.1, 0.15) is 26.7 Å². The molecule has 1 heterocycles. The highest BCUT2D eigenvalue weighted by Gasteiger charge is 2.34. The van der Waals surface area contributed by atoms with Gasteiger partial charge in [-0.05, 0) is 26.7 Å². The van der Waals surface area contributed by atoms with Crippen molar-refractivity contribution in [3.8, 4) is 0 Å². The zero-order valence-electron chi connectivity index (χ0n) is 8.42. The van der Waals surface area contributed by atoms with Crippen molar-refractivity contribution >= 4 is 5.84 Å². The van der Waals surface area contributed by atoms with Crippen LogP contribution in [0.15, 0.2) is 0 Å². The lowest BCUT2D eigenvalue weighted by atomic mass is 10.2. The number of amidine groups is 1. The first-order chi connectivity index (χ1) is 6.18. The Labute approximate surface area is 79.6 Å². The predicted molar refractivity (Wildman–Crippen MR) is 52.0 cm³/mol. The molecule has 1 saturated heterocycles. The minimum atomic E-state index is 0.287. The van der Waals surface area contributed by atoms with Crippen LogP contribution in [0.3, 0.4) is 0 Å². The normalized spacial score (nSPS) is 34.8. The van der Waals surface area contributed by atoms with Crippen molar-refractivity contribution in [2.75, 3.05) is 13.2 Å². The van der Waals surface area contributed by atoms with E-state index in [4.69, 9.17) is 10.1 Å². The van der Waals surface area contributed by atoms with E-state index in [1.54, 1.807) is 0 Å². The van der Waals surface area contributed by atoms with E-state index in [1.807, 2.05) is 0 Å². The second-order valence-electron chi connectivity index (χ2n) is 4.30. The summed E-state index contributed by atoms with van der Waals surface area (Å²) in [6.07, 6.45) is 2.73. The molecule has 74 valence electrons. The molecule has 0 radical (unpaired) electrons. The third kappa shape index (κ3) is 1.85. The molecule has 0 aromatic carbocycles. The number of morpholine rings is 1. The van der Waals surface area contributed by atoms with Gasteiger partial charge in [0, 0.05) is 12.5 Å². The molecular formula is C10H18N2O. The molecule has 2 fully saturated rings. The molecule has 0 aromatic heterocycles. The lowest BCUT2D eigenvalue weighted by Crippen LogP contribution is -2.50. The van der Waals surface area contributed by atoms with Crippen LogP contribution in [0.25, 0.3) is 0 Å². The van der Waals surface area contributed by atoms with E-state index in [9.17, 15) is 0 Å². The van der Waals surface area contributed by atoms with Crippen molar-refractivity contribution in [1.29, 1.82) is 5.41 Å². The highest BCUT2D eigenvalue weighted by atomic mass is 16.5. The summed E-state index contributed by atoms with van der Waals surface area (Å²) in [5.41, 5.74) is 0. The monoisotopic (exact) mass is 182 g/mol. The summed E-state index contributed by atoms with van der Waals surface area (Å²) in [6.45, 7) is 5.90. The Kier molecular flexibility index (Phi) is 2.28. The topological polar surface area (TPSA) is 36.3 Å². The molecule has 1 N–H and O–H groups in total. The molecule has 0 spiro atoms. The third-order valence-electron chi connectivity index (χ3n) is 2.88. The van der Waals surface area contributed by atoms with E-state index in [2.05, 4.69) is 18.7 Å². The maximum Gasteiger partial charge on any atom is 0.0993 e. The van der Waals surface area contributed by atoms with Gasteiger partial charge in [-0.1, -0.05) is 0 Å². The second-order valence-corrected chi connectivity index (χ2v) is 4.30. The Balaban J connectivity index is 1.97. The molecule has 2 rings (SSSR count). The number of hydrogen-bond acceptors (Lipinski definition) is 2. The Bertz CT molecular complexity index is 213. The van der Waals surface area contributed by atoms with E-state index in [1.165, 1.54) is 12.8 Å². The smallest absolute Gasteiger partial charge is 0.0993 e. The maximum absolute atomic E-state index is 7.99. The van der Waals surface area contributed by atoms with Crippen LogP contribution in [0.5, 0.6) is 0 Å². The summed E-state index contributed by atoms with van der Waals surface area (Å²) < 4.78 is 5.53. The minimum Gasteiger partial charge on any atom is -0.375 e. The third-order valence-corrected chi connectivity index (χ3v) is 2.88. The molecule has 1 aliphatic heterocycles. The van der Waals surface area contributed by atoms with Crippen LogP contribution in [0, 0.1) is 11.3 Å². The molecule has 1 aliphatic carbocycles. The van der Waals surface area contributed by atoms with Crippen molar-refractivity contribution in [3.05, 3.63) is 0 Å². The van der Waals surface area contributed by atoms with Crippen LogP contribution >= 0.6 is 0 Å². The van der Waals surface area contributed by atoms with Gasteiger partial charge in [0.05, 0.1) is 24.6 Å². The Morgan fingerprint density at radius 3 is 2.69 bits per heavy atom. The Hall–Kier alpha value is -0.570. The van der Waals surface area contributed by atoms with E-state index < -0.39 is 0 Å². The van der Waals surface area contributed by atoms with Gasteiger partial charge in [0.15, 0.2) is 0 Å². The average molecular weight is 182 g/mol. The summed E-state index contributed by atoms with van der Waals surface area (Å²) in [4.78, 5) is 2.21. The molecule has 1 saturated carbocycles. The molecule has 0 bridgehead atoms. The van der Waals surface area contributed by atoms with Crippen LogP contribution in [-0.2, 0) is 4.74 Å². The standard InChI is InChI=1S/C10H18N2O/c1-7-6-13-8(2)5-12(7)10(11)9-3-4-9/h7-9,11H,3-6H2,1-2H3. The van der Waals surface area contributed by atoms with Gasteiger partial charge < -0.3 is 9.64 Å². The molecule has 2 unspecified atom stereocenters. The van der Waals surface area contributed by atoms with Gasteiger partial charge in [-0.15, -0.1) is 0 Å². The number of hydrogen-bond donors (Lipinski definition) is 1. The van der Waals surface area contributed by atoms with Crippen molar-refractivity contribution < 1.29 is 4.74 Å². The van der Waals surface area contributed by atoms with Crippen molar-refractivity contribution in [2.45, 2.75) is 38.8 Å². The van der Waals surface area contributed by atoms with Crippen molar-refractivity contribution in [1.82, 2.24) is 4.90 Å². The van der Waals surface area contributed by atoms with Gasteiger partial charge in [0.25, 0.3) is 0 Å². The van der Waals surface area contributed by atoms with Crippen molar-refractivity contribution in [3.63, 3.8) is 0 Å². The van der Waals surface area contributed by atoms with Gasteiger partial charge in [-0.2, -0.15) is 0 Å². The SMILES string of the molecule is CC1CN(C(=N)C2CC2)C(C)CO1. The van der Waals surface area contributed by atoms with Gasteiger partial charge in [0.2, 0.25) is 0 Å². The van der Waals surface area contributed by atoms with Crippen LogP contribution in [0.2, 0.25) is 0 Å². The zero-order valence-corrected chi connectivity index (χ0v) is 8.42. The van der Waals surface area contributed by atoms with Gasteiger partial charge in [0.1, 0.15) is 0 Å². The van der Waals surface area contributed by atoms with Crippen LogP contribution in [0.4, 0.5) is 0 Å². The lowest BCUT2D eigenvalue weighted by Gasteiger charge is -2.38. The van der Waals surface area contributed by atoms with Crippen molar-refractivity contribution in [2.24, 2.45) is 5.92 Å². The fraction of sp³-hybridized carbons (Fsp3) is 0.900. The zero-order chi connectivity index (χ0) is 9.42.